The van der Waals surface area contributed by atoms with Crippen LogP contribution in [-0.2, 0) is 18.6 Å². The lowest BCUT2D eigenvalue weighted by Gasteiger charge is -2.33. The van der Waals surface area contributed by atoms with Gasteiger partial charge in [0, 0.05) is 12.1 Å². The zero-order valence-electron chi connectivity index (χ0n) is 10.1. The number of benzene rings is 1. The van der Waals surface area contributed by atoms with Crippen LogP contribution in [0.2, 0.25) is 0 Å². The van der Waals surface area contributed by atoms with Crippen LogP contribution in [0.15, 0.2) is 18.2 Å². The molecule has 0 spiro atoms. The van der Waals surface area contributed by atoms with Crippen molar-refractivity contribution in [3.05, 3.63) is 34.9 Å². The number of fused-ring (bicyclic) bond motifs is 1. The highest BCUT2D eigenvalue weighted by Crippen LogP contribution is 2.50. The van der Waals surface area contributed by atoms with Crippen molar-refractivity contribution >= 4 is 0 Å². The Labute approximate surface area is 110 Å². The van der Waals surface area contributed by atoms with E-state index in [1.54, 1.807) is 0 Å². The Morgan fingerprint density at radius 1 is 0.950 bits per heavy atom. The lowest BCUT2D eigenvalue weighted by atomic mass is 9.88. The molecule has 1 aliphatic rings. The van der Waals surface area contributed by atoms with Crippen LogP contribution in [0.5, 0.6) is 0 Å². The van der Waals surface area contributed by atoms with Crippen LogP contribution in [0.4, 0.5) is 26.3 Å². The van der Waals surface area contributed by atoms with E-state index in [9.17, 15) is 31.4 Å². The van der Waals surface area contributed by atoms with Gasteiger partial charge in [0.25, 0.3) is 5.60 Å². The molecule has 0 radical (unpaired) electrons. The predicted octanol–water partition coefficient (Wildman–Crippen LogP) is 2.64. The highest BCUT2D eigenvalue weighted by molar-refractivity contribution is 5.38. The second kappa shape index (κ2) is 4.63. The Morgan fingerprint density at radius 2 is 1.55 bits per heavy atom. The van der Waals surface area contributed by atoms with Crippen LogP contribution < -0.4 is 5.32 Å². The molecule has 0 unspecified atom stereocenters. The van der Waals surface area contributed by atoms with Gasteiger partial charge in [0.15, 0.2) is 0 Å². The van der Waals surface area contributed by atoms with Gasteiger partial charge in [-0.3, -0.25) is 0 Å². The highest BCUT2D eigenvalue weighted by Gasteiger charge is 2.71. The van der Waals surface area contributed by atoms with E-state index < -0.39 is 23.5 Å². The van der Waals surface area contributed by atoms with Gasteiger partial charge in [-0.25, -0.2) is 0 Å². The van der Waals surface area contributed by atoms with Crippen molar-refractivity contribution in [2.45, 2.75) is 30.9 Å². The van der Waals surface area contributed by atoms with Crippen molar-refractivity contribution in [1.29, 1.82) is 0 Å². The van der Waals surface area contributed by atoms with Crippen molar-refractivity contribution in [3.8, 4) is 0 Å². The molecule has 0 atom stereocenters. The molecule has 112 valence electrons. The Kier molecular flexibility index (Phi) is 3.50. The van der Waals surface area contributed by atoms with Gasteiger partial charge >= 0.3 is 12.4 Å². The standard InChI is InChI=1S/C12H11F6NO/c13-11(14,15)10(20,12(16,17)18)9-2-1-7-3-4-19-6-8(7)5-9/h1-2,5,19-20H,3-4,6H2. The summed E-state index contributed by atoms with van der Waals surface area (Å²) in [5.74, 6) is 0. The van der Waals surface area contributed by atoms with Crippen LogP contribution in [0, 0.1) is 0 Å². The minimum atomic E-state index is -5.85. The lowest BCUT2D eigenvalue weighted by molar-refractivity contribution is -0.376. The highest BCUT2D eigenvalue weighted by atomic mass is 19.4. The van der Waals surface area contributed by atoms with Gasteiger partial charge in [0.1, 0.15) is 0 Å². The summed E-state index contributed by atoms with van der Waals surface area (Å²) >= 11 is 0. The fraction of sp³-hybridized carbons (Fsp3) is 0.500. The van der Waals surface area contributed by atoms with E-state index in [0.29, 0.717) is 30.2 Å². The largest absolute Gasteiger partial charge is 0.430 e. The molecule has 0 amide bonds. The van der Waals surface area contributed by atoms with Gasteiger partial charge in [-0.2, -0.15) is 26.3 Å². The molecule has 1 aliphatic heterocycles. The Balaban J connectivity index is 2.56. The third kappa shape index (κ3) is 2.26. The van der Waals surface area contributed by atoms with Crippen LogP contribution in [-0.4, -0.2) is 24.0 Å². The van der Waals surface area contributed by atoms with Crippen molar-refractivity contribution in [2.75, 3.05) is 6.54 Å². The number of alkyl halides is 6. The molecule has 0 bridgehead atoms. The molecule has 1 aromatic rings. The summed E-state index contributed by atoms with van der Waals surface area (Å²) in [4.78, 5) is 0. The fourth-order valence-electron chi connectivity index (χ4n) is 2.19. The average Bonchev–Trinajstić information content (AvgIpc) is 2.34. The van der Waals surface area contributed by atoms with Crippen molar-refractivity contribution in [1.82, 2.24) is 5.32 Å². The monoisotopic (exact) mass is 299 g/mol. The van der Waals surface area contributed by atoms with Crippen LogP contribution in [0.1, 0.15) is 16.7 Å². The average molecular weight is 299 g/mol. The first-order valence-corrected chi connectivity index (χ1v) is 5.76. The molecule has 20 heavy (non-hydrogen) atoms. The van der Waals surface area contributed by atoms with E-state index in [1.165, 1.54) is 6.07 Å². The number of rotatable bonds is 1. The molecule has 1 heterocycles. The van der Waals surface area contributed by atoms with Crippen molar-refractivity contribution in [3.63, 3.8) is 0 Å². The number of aliphatic hydroxyl groups is 1. The van der Waals surface area contributed by atoms with E-state index in [0.717, 1.165) is 6.07 Å². The van der Waals surface area contributed by atoms with Gasteiger partial charge in [-0.1, -0.05) is 18.2 Å². The molecule has 2 N–H and O–H groups in total. The van der Waals surface area contributed by atoms with Gasteiger partial charge in [-0.05, 0) is 24.1 Å². The first kappa shape index (κ1) is 15.1. The SMILES string of the molecule is OC(c1ccc2c(c1)CNCC2)(C(F)(F)F)C(F)(F)F. The molecule has 2 nitrogen and oxygen atoms in total. The smallest absolute Gasteiger partial charge is 0.369 e. The van der Waals surface area contributed by atoms with Crippen LogP contribution >= 0.6 is 0 Å². The fourth-order valence-corrected chi connectivity index (χ4v) is 2.19. The Morgan fingerprint density at radius 3 is 2.10 bits per heavy atom. The zero-order valence-corrected chi connectivity index (χ0v) is 10.1. The van der Waals surface area contributed by atoms with E-state index in [1.807, 2.05) is 0 Å². The molecule has 0 saturated carbocycles. The minimum absolute atomic E-state index is 0.176. The van der Waals surface area contributed by atoms with Crippen molar-refractivity contribution < 1.29 is 31.4 Å². The summed E-state index contributed by atoms with van der Waals surface area (Å²) in [5, 5.41) is 12.1. The second-order valence-corrected chi connectivity index (χ2v) is 4.62. The number of hydrogen-bond donors (Lipinski definition) is 2. The topological polar surface area (TPSA) is 32.3 Å². The summed E-state index contributed by atoms with van der Waals surface area (Å²) in [6.45, 7) is 0.782. The molecule has 0 aromatic heterocycles. The first-order chi connectivity index (χ1) is 9.07. The van der Waals surface area contributed by atoms with Crippen LogP contribution in [0.25, 0.3) is 0 Å². The summed E-state index contributed by atoms with van der Waals surface area (Å²) in [5.41, 5.74) is -5.05. The first-order valence-electron chi connectivity index (χ1n) is 5.76. The van der Waals surface area contributed by atoms with E-state index >= 15 is 0 Å². The second-order valence-electron chi connectivity index (χ2n) is 4.62. The maximum absolute atomic E-state index is 12.7. The summed E-state index contributed by atoms with van der Waals surface area (Å²) in [7, 11) is 0. The van der Waals surface area contributed by atoms with Crippen molar-refractivity contribution in [2.24, 2.45) is 0 Å². The molecular formula is C12H11F6NO. The Hall–Kier alpha value is -1.28. The van der Waals surface area contributed by atoms with Gasteiger partial charge in [0.05, 0.1) is 0 Å². The molecule has 1 aromatic carbocycles. The maximum Gasteiger partial charge on any atom is 0.430 e. The van der Waals surface area contributed by atoms with E-state index in [2.05, 4.69) is 5.32 Å². The molecule has 0 fully saturated rings. The third-order valence-electron chi connectivity index (χ3n) is 3.33. The third-order valence-corrected chi connectivity index (χ3v) is 3.33. The normalized spacial score (nSPS) is 16.9. The Bertz CT molecular complexity index is 494. The number of hydrogen-bond acceptors (Lipinski definition) is 2. The number of halogens is 6. The molecule has 2 rings (SSSR count). The molecule has 0 saturated heterocycles. The minimum Gasteiger partial charge on any atom is -0.369 e. The van der Waals surface area contributed by atoms with Gasteiger partial charge < -0.3 is 10.4 Å². The zero-order chi connectivity index (χ0) is 15.2. The van der Waals surface area contributed by atoms with Gasteiger partial charge in [-0.15, -0.1) is 0 Å². The maximum atomic E-state index is 12.7. The van der Waals surface area contributed by atoms with E-state index in [4.69, 9.17) is 0 Å². The molecule has 8 heteroatoms. The predicted molar refractivity (Wildman–Crippen MR) is 57.9 cm³/mol. The van der Waals surface area contributed by atoms with E-state index in [-0.39, 0.29) is 6.54 Å². The van der Waals surface area contributed by atoms with Gasteiger partial charge in [0.2, 0.25) is 0 Å². The summed E-state index contributed by atoms with van der Waals surface area (Å²) in [6.07, 6.45) is -11.2. The molecular weight excluding hydrogens is 288 g/mol. The molecule has 0 aliphatic carbocycles. The lowest BCUT2D eigenvalue weighted by Crippen LogP contribution is -2.54. The quantitative estimate of drug-likeness (QED) is 0.781. The number of nitrogens with one attached hydrogen (secondary N) is 1. The summed E-state index contributed by atoms with van der Waals surface area (Å²) in [6, 6.07) is 2.65. The summed E-state index contributed by atoms with van der Waals surface area (Å²) < 4.78 is 76.4. The van der Waals surface area contributed by atoms with Crippen LogP contribution in [0.3, 0.4) is 0 Å².